The molecule has 6 aromatic carbocycles. The SMILES string of the molecule is CC1=Cc2c(-c3cccc4ccccc34)cccc2[CH]1[Zr](=[C](C)C)[CH]1C(C)=Cc2c(-c3cccc4ccccc34)cccc21.Cl.Cl. The van der Waals surface area contributed by atoms with Gasteiger partial charge < -0.3 is 0 Å². The van der Waals surface area contributed by atoms with Crippen molar-refractivity contribution in [1.82, 2.24) is 0 Å². The van der Waals surface area contributed by atoms with Gasteiger partial charge in [-0.15, -0.1) is 24.8 Å². The number of benzene rings is 6. The molecule has 0 spiro atoms. The van der Waals surface area contributed by atoms with Crippen LogP contribution in [0.15, 0.2) is 132 Å². The third-order valence-corrected chi connectivity index (χ3v) is 19.6. The Balaban J connectivity index is 0.00000186. The zero-order chi connectivity index (χ0) is 29.9. The largest absolute Gasteiger partial charge is 0.147 e. The first-order chi connectivity index (χ1) is 21.5. The molecule has 3 heteroatoms. The Morgan fingerprint density at radius 2 is 0.826 bits per heavy atom. The van der Waals surface area contributed by atoms with Gasteiger partial charge in [-0.1, -0.05) is 0 Å². The van der Waals surface area contributed by atoms with Crippen LogP contribution in [-0.2, 0) is 21.3 Å². The molecule has 0 bridgehead atoms. The zero-order valence-electron chi connectivity index (χ0n) is 26.7. The van der Waals surface area contributed by atoms with Crippen LogP contribution in [0.1, 0.15) is 57.2 Å². The van der Waals surface area contributed by atoms with Crippen molar-refractivity contribution in [2.75, 3.05) is 0 Å². The van der Waals surface area contributed by atoms with Crippen LogP contribution in [0.4, 0.5) is 0 Å². The summed E-state index contributed by atoms with van der Waals surface area (Å²) in [6.45, 7) is 9.69. The van der Waals surface area contributed by atoms with Crippen molar-refractivity contribution in [3.63, 3.8) is 0 Å². The first kappa shape index (κ1) is 32.6. The number of halogens is 2. The molecule has 0 heterocycles. The first-order valence-corrected chi connectivity index (χ1v) is 19.8. The van der Waals surface area contributed by atoms with E-state index in [0.29, 0.717) is 7.25 Å². The van der Waals surface area contributed by atoms with Crippen molar-refractivity contribution in [3.8, 4) is 22.3 Å². The monoisotopic (exact) mass is 714 g/mol. The number of rotatable bonds is 4. The van der Waals surface area contributed by atoms with Crippen LogP contribution in [0, 0.1) is 0 Å². The maximum Gasteiger partial charge on any atom is -0.147 e. The van der Waals surface area contributed by atoms with Gasteiger partial charge in [0.2, 0.25) is 0 Å². The summed E-state index contributed by atoms with van der Waals surface area (Å²) >= 11 is -2.35. The summed E-state index contributed by atoms with van der Waals surface area (Å²) in [4.78, 5) is 0. The van der Waals surface area contributed by atoms with Gasteiger partial charge in [0.05, 0.1) is 0 Å². The quantitative estimate of drug-likeness (QED) is 0.170. The van der Waals surface area contributed by atoms with Crippen LogP contribution >= 0.6 is 24.8 Å². The van der Waals surface area contributed by atoms with E-state index in [-0.39, 0.29) is 24.8 Å². The Kier molecular flexibility index (Phi) is 9.24. The second-order valence-corrected chi connectivity index (χ2v) is 20.3. The van der Waals surface area contributed by atoms with Crippen molar-refractivity contribution in [1.29, 1.82) is 0 Å². The van der Waals surface area contributed by atoms with Crippen LogP contribution in [0.3, 0.4) is 0 Å². The fraction of sp³-hybridized carbons (Fsp3) is 0.140. The normalized spacial score (nSPS) is 16.2. The minimum absolute atomic E-state index is 0. The minimum atomic E-state index is -2.35. The van der Waals surface area contributed by atoms with Gasteiger partial charge in [-0.25, -0.2) is 0 Å². The summed E-state index contributed by atoms with van der Waals surface area (Å²) in [5, 5.41) is 5.27. The van der Waals surface area contributed by atoms with Crippen molar-refractivity contribution < 1.29 is 21.3 Å². The van der Waals surface area contributed by atoms with E-state index in [4.69, 9.17) is 0 Å². The van der Waals surface area contributed by atoms with Gasteiger partial charge in [0.25, 0.3) is 0 Å². The Labute approximate surface area is 292 Å². The summed E-state index contributed by atoms with van der Waals surface area (Å²) in [6.07, 6.45) is 5.06. The number of hydrogen-bond acceptors (Lipinski definition) is 0. The van der Waals surface area contributed by atoms with Crippen molar-refractivity contribution in [2.24, 2.45) is 0 Å². The van der Waals surface area contributed by atoms with Crippen LogP contribution in [0.2, 0.25) is 0 Å². The molecule has 0 aliphatic heterocycles. The second-order valence-electron chi connectivity index (χ2n) is 12.8. The van der Waals surface area contributed by atoms with E-state index in [2.05, 4.69) is 161 Å². The number of allylic oxidation sites excluding steroid dienone is 2. The van der Waals surface area contributed by atoms with Crippen LogP contribution in [-0.4, -0.2) is 3.21 Å². The number of fused-ring (bicyclic) bond motifs is 4. The third-order valence-electron chi connectivity index (χ3n) is 9.92. The minimum Gasteiger partial charge on any atom is -0.147 e. The molecule has 2 atom stereocenters. The van der Waals surface area contributed by atoms with E-state index in [1.807, 2.05) is 0 Å². The first-order valence-electron chi connectivity index (χ1n) is 15.8. The van der Waals surface area contributed by atoms with Crippen LogP contribution in [0.25, 0.3) is 56.0 Å². The molecule has 6 aromatic rings. The molecule has 0 N–H and O–H groups in total. The van der Waals surface area contributed by atoms with E-state index >= 15 is 0 Å². The molecule has 228 valence electrons. The topological polar surface area (TPSA) is 0 Å². The molecular weight excluding hydrogens is 679 g/mol. The molecular formula is C43H38Cl2Zr. The molecule has 0 saturated carbocycles. The van der Waals surface area contributed by atoms with E-state index in [0.717, 1.165) is 0 Å². The van der Waals surface area contributed by atoms with E-state index < -0.39 is 21.3 Å². The molecule has 0 fully saturated rings. The molecule has 0 nitrogen and oxygen atoms in total. The molecule has 2 unspecified atom stereocenters. The van der Waals surface area contributed by atoms with E-state index in [9.17, 15) is 0 Å². The maximum atomic E-state index is 2.53. The second kappa shape index (κ2) is 13.0. The molecule has 8 rings (SSSR count). The van der Waals surface area contributed by atoms with Gasteiger partial charge in [-0.2, -0.15) is 0 Å². The van der Waals surface area contributed by atoms with E-state index in [1.165, 1.54) is 54.9 Å². The van der Waals surface area contributed by atoms with Crippen molar-refractivity contribution in [2.45, 2.75) is 34.9 Å². The van der Waals surface area contributed by atoms with Crippen molar-refractivity contribution in [3.05, 3.63) is 155 Å². The average Bonchev–Trinajstić information content (AvgIpc) is 3.56. The van der Waals surface area contributed by atoms with Crippen molar-refractivity contribution >= 4 is 61.7 Å². The average molecular weight is 717 g/mol. The Hall–Kier alpha value is -3.35. The molecule has 0 aromatic heterocycles. The van der Waals surface area contributed by atoms with Gasteiger partial charge >= 0.3 is 270 Å². The van der Waals surface area contributed by atoms with Crippen LogP contribution < -0.4 is 0 Å². The van der Waals surface area contributed by atoms with E-state index in [1.54, 1.807) is 25.5 Å². The fourth-order valence-electron chi connectivity index (χ4n) is 8.06. The Morgan fingerprint density at radius 1 is 0.457 bits per heavy atom. The summed E-state index contributed by atoms with van der Waals surface area (Å²) in [5.41, 5.74) is 14.5. The Morgan fingerprint density at radius 3 is 1.26 bits per heavy atom. The van der Waals surface area contributed by atoms with Gasteiger partial charge in [0.1, 0.15) is 0 Å². The van der Waals surface area contributed by atoms with Crippen LogP contribution in [0.5, 0.6) is 0 Å². The van der Waals surface area contributed by atoms with Gasteiger partial charge in [-0.05, 0) is 0 Å². The molecule has 0 radical (unpaired) electrons. The Bertz CT molecular complexity index is 2070. The number of hydrogen-bond donors (Lipinski definition) is 0. The molecule has 0 saturated heterocycles. The predicted octanol–water partition coefficient (Wildman–Crippen LogP) is 12.6. The predicted molar refractivity (Wildman–Crippen MR) is 202 cm³/mol. The maximum absolute atomic E-state index is 2.53. The summed E-state index contributed by atoms with van der Waals surface area (Å²) in [5.74, 6) is 0. The molecule has 2 aliphatic rings. The standard InChI is InChI=1S/2C20H15.C3H6.2ClH.Zr/c2*1-14-12-16-8-5-11-19(20(16)13-14)18-10-4-7-15-6-2-3-9-17(15)18;1-3-2;;;/h2*2-13H,1H3;1-2H3;2*1H;. The third kappa shape index (κ3) is 5.22. The smallest absolute Gasteiger partial charge is 0.147 e. The molecule has 2 aliphatic carbocycles. The van der Waals surface area contributed by atoms with Gasteiger partial charge in [-0.3, -0.25) is 0 Å². The summed E-state index contributed by atoms with van der Waals surface area (Å²) in [7, 11) is 0. The van der Waals surface area contributed by atoms with Gasteiger partial charge in [0.15, 0.2) is 0 Å². The summed E-state index contributed by atoms with van der Waals surface area (Å²) in [6, 6.07) is 45.3. The zero-order valence-corrected chi connectivity index (χ0v) is 30.8. The fourth-order valence-corrected chi connectivity index (χ4v) is 17.4. The molecule has 46 heavy (non-hydrogen) atoms. The van der Waals surface area contributed by atoms with Gasteiger partial charge in [0, 0.05) is 0 Å². The molecule has 0 amide bonds. The summed E-state index contributed by atoms with van der Waals surface area (Å²) < 4.78 is 2.76.